The molecule has 1 aromatic carbocycles. The van der Waals surface area contributed by atoms with E-state index in [4.69, 9.17) is 0 Å². The van der Waals surface area contributed by atoms with Crippen molar-refractivity contribution in [3.8, 4) is 0 Å². The summed E-state index contributed by atoms with van der Waals surface area (Å²) in [6.45, 7) is 0.750. The Morgan fingerprint density at radius 1 is 0.658 bits per heavy atom. The third-order valence-corrected chi connectivity index (χ3v) is 4.30. The molecule has 1 rings (SSSR count). The van der Waals surface area contributed by atoms with Crippen molar-refractivity contribution < 1.29 is 88.9 Å². The molecule has 1 amide bonds. The van der Waals surface area contributed by atoms with Crippen LogP contribution >= 0.6 is 0 Å². The van der Waals surface area contributed by atoms with Crippen molar-refractivity contribution in [3.63, 3.8) is 0 Å². The number of rotatable bonds is 9. The first-order chi connectivity index (χ1) is 16.6. The molecule has 0 saturated heterocycles. The minimum Gasteiger partial charge on any atom is -0.344 e. The lowest BCUT2D eigenvalue weighted by molar-refractivity contribution is -0.548. The zero-order valence-corrected chi connectivity index (χ0v) is 17.6. The fraction of sp³-hybridized carbons (Fsp3) is 0.588. The van der Waals surface area contributed by atoms with E-state index in [-0.39, 0.29) is 5.56 Å². The normalized spacial score (nSPS) is 18.4. The molecule has 21 heteroatoms. The monoisotopic (exact) mass is 599 g/mol. The molecule has 1 N–H and O–H groups in total. The molecule has 0 aromatic heterocycles. The molecule has 0 radical (unpaired) electrons. The van der Waals surface area contributed by atoms with E-state index in [0.717, 1.165) is 24.4 Å². The Kier molecular flexibility index (Phi) is 8.68. The van der Waals surface area contributed by atoms with Crippen LogP contribution in [0.1, 0.15) is 18.5 Å². The summed E-state index contributed by atoms with van der Waals surface area (Å²) in [6.07, 6.45) is -38.5. The molecule has 38 heavy (non-hydrogen) atoms. The first kappa shape index (κ1) is 33.4. The van der Waals surface area contributed by atoms with Gasteiger partial charge in [0.15, 0.2) is 0 Å². The summed E-state index contributed by atoms with van der Waals surface area (Å²) in [5.41, 5.74) is -0.204. The predicted octanol–water partition coefficient (Wildman–Crippen LogP) is 6.74. The number of alkyl halides is 17. The number of carbonyl (C=O) groups is 1. The topological polar surface area (TPSA) is 47.6 Å². The number of halogens is 17. The average molecular weight is 599 g/mol. The SMILES string of the molecule is C[C@H](NC(=O)[C@@](F)(OC(F)(F)[C@](F)(OC(F)(F)C(F)(F)C(F)(F)F)C(F)(F)F)C(F)(F)F)c1ccccc1. The maximum absolute atomic E-state index is 14.5. The Bertz CT molecular complexity index is 975. The molecule has 0 spiro atoms. The van der Waals surface area contributed by atoms with Crippen molar-refractivity contribution in [2.75, 3.05) is 0 Å². The van der Waals surface area contributed by atoms with Crippen LogP contribution in [0.25, 0.3) is 0 Å². The third-order valence-electron chi connectivity index (χ3n) is 4.30. The highest BCUT2D eigenvalue weighted by Crippen LogP contribution is 2.56. The van der Waals surface area contributed by atoms with Crippen molar-refractivity contribution in [1.82, 2.24) is 5.32 Å². The summed E-state index contributed by atoms with van der Waals surface area (Å²) in [6, 6.07) is 3.91. The maximum atomic E-state index is 14.5. The van der Waals surface area contributed by atoms with Crippen LogP contribution in [-0.2, 0) is 14.3 Å². The summed E-state index contributed by atoms with van der Waals surface area (Å²) in [5.74, 6) is -26.1. The smallest absolute Gasteiger partial charge is 0.344 e. The number of ether oxygens (including phenoxy) is 2. The zero-order valence-electron chi connectivity index (χ0n) is 17.6. The van der Waals surface area contributed by atoms with Crippen LogP contribution in [0.4, 0.5) is 74.6 Å². The van der Waals surface area contributed by atoms with Crippen molar-refractivity contribution >= 4 is 5.91 Å². The van der Waals surface area contributed by atoms with E-state index in [1.54, 1.807) is 0 Å². The molecule has 0 aliphatic carbocycles. The van der Waals surface area contributed by atoms with Gasteiger partial charge in [0.25, 0.3) is 5.91 Å². The molecule has 0 aliphatic heterocycles. The Hall–Kier alpha value is -2.58. The third kappa shape index (κ3) is 6.01. The lowest BCUT2D eigenvalue weighted by atomic mass is 10.1. The predicted molar refractivity (Wildman–Crippen MR) is 85.9 cm³/mol. The molecule has 0 heterocycles. The van der Waals surface area contributed by atoms with E-state index < -0.39 is 60.3 Å². The van der Waals surface area contributed by atoms with Gasteiger partial charge in [0, 0.05) is 0 Å². The molecular formula is C17H10F17NO3. The van der Waals surface area contributed by atoms with Crippen LogP contribution in [0.3, 0.4) is 0 Å². The van der Waals surface area contributed by atoms with Gasteiger partial charge in [-0.2, -0.15) is 74.6 Å². The number of benzene rings is 1. The Labute approximate surface area is 198 Å². The van der Waals surface area contributed by atoms with Gasteiger partial charge in [-0.15, -0.1) is 0 Å². The second kappa shape index (κ2) is 9.87. The Balaban J connectivity index is 3.58. The van der Waals surface area contributed by atoms with Crippen molar-refractivity contribution in [1.29, 1.82) is 0 Å². The van der Waals surface area contributed by atoms with Gasteiger partial charge in [-0.1, -0.05) is 30.3 Å². The molecule has 3 atom stereocenters. The molecule has 0 aliphatic rings. The standard InChI is InChI=1S/C17H10F17NO3/c1-7(8-5-3-2-4-6-8)35-9(36)10(18,13(22,23)24)37-17(33,34)12(21,15(28,29)30)38-16(31,32)11(19,20)14(25,26)27/h2-7H,1H3,(H,35,36)/t7-,10+,12+/m0/s1. The summed E-state index contributed by atoms with van der Waals surface area (Å²) >= 11 is 0. The number of hydrogen-bond donors (Lipinski definition) is 1. The van der Waals surface area contributed by atoms with E-state index in [9.17, 15) is 79.4 Å². The highest BCUT2D eigenvalue weighted by Gasteiger charge is 2.85. The van der Waals surface area contributed by atoms with Gasteiger partial charge in [0.1, 0.15) is 0 Å². The minimum atomic E-state index is -8.05. The van der Waals surface area contributed by atoms with Crippen LogP contribution in [0.15, 0.2) is 30.3 Å². The van der Waals surface area contributed by atoms with E-state index in [2.05, 4.69) is 0 Å². The summed E-state index contributed by atoms with van der Waals surface area (Å²) in [7, 11) is 0. The van der Waals surface area contributed by atoms with Gasteiger partial charge in [-0.05, 0) is 12.5 Å². The van der Waals surface area contributed by atoms with Gasteiger partial charge in [0.05, 0.1) is 6.04 Å². The minimum absolute atomic E-state index is 0.204. The van der Waals surface area contributed by atoms with Crippen LogP contribution in [-0.4, -0.2) is 54.3 Å². The van der Waals surface area contributed by atoms with Crippen LogP contribution < -0.4 is 5.32 Å². The summed E-state index contributed by atoms with van der Waals surface area (Å²) in [4.78, 5) is 11.8. The number of hydrogen-bond acceptors (Lipinski definition) is 3. The fourth-order valence-corrected chi connectivity index (χ4v) is 2.28. The quantitative estimate of drug-likeness (QED) is 0.320. The number of amides is 1. The Morgan fingerprint density at radius 3 is 1.47 bits per heavy atom. The largest absolute Gasteiger partial charge is 0.462 e. The molecule has 220 valence electrons. The number of carbonyl (C=O) groups excluding carboxylic acids is 1. The summed E-state index contributed by atoms with van der Waals surface area (Å²) in [5, 5.41) is 0.995. The van der Waals surface area contributed by atoms with Gasteiger partial charge < -0.3 is 5.32 Å². The average Bonchev–Trinajstić information content (AvgIpc) is 2.70. The van der Waals surface area contributed by atoms with E-state index in [0.29, 0.717) is 0 Å². The Morgan fingerprint density at radius 2 is 1.11 bits per heavy atom. The van der Waals surface area contributed by atoms with Crippen LogP contribution in [0, 0.1) is 0 Å². The molecule has 0 saturated carbocycles. The van der Waals surface area contributed by atoms with Crippen molar-refractivity contribution in [3.05, 3.63) is 35.9 Å². The van der Waals surface area contributed by atoms with E-state index in [1.807, 2.05) is 4.74 Å². The fourth-order valence-electron chi connectivity index (χ4n) is 2.28. The summed E-state index contributed by atoms with van der Waals surface area (Å²) < 4.78 is 227. The second-order valence-electron chi connectivity index (χ2n) is 7.10. The van der Waals surface area contributed by atoms with Crippen LogP contribution in [0.5, 0.6) is 0 Å². The van der Waals surface area contributed by atoms with E-state index >= 15 is 0 Å². The molecule has 0 fully saturated rings. The first-order valence-electron chi connectivity index (χ1n) is 9.05. The van der Waals surface area contributed by atoms with Gasteiger partial charge in [-0.3, -0.25) is 14.3 Å². The lowest BCUT2D eigenvalue weighted by Gasteiger charge is -2.40. The molecule has 1 aromatic rings. The highest BCUT2D eigenvalue weighted by atomic mass is 19.4. The first-order valence-corrected chi connectivity index (χ1v) is 9.05. The maximum Gasteiger partial charge on any atom is 0.462 e. The lowest BCUT2D eigenvalue weighted by Crippen LogP contribution is -2.68. The molecule has 0 unspecified atom stereocenters. The van der Waals surface area contributed by atoms with Gasteiger partial charge >= 0.3 is 48.4 Å². The number of nitrogens with one attached hydrogen (secondary N) is 1. The molecule has 4 nitrogen and oxygen atoms in total. The highest BCUT2D eigenvalue weighted by molar-refractivity contribution is 5.85. The molecule has 0 bridgehead atoms. The zero-order chi connectivity index (χ0) is 30.4. The van der Waals surface area contributed by atoms with Crippen molar-refractivity contribution in [2.45, 2.75) is 61.3 Å². The molecular weight excluding hydrogens is 589 g/mol. The van der Waals surface area contributed by atoms with Crippen LogP contribution in [0.2, 0.25) is 0 Å². The second-order valence-corrected chi connectivity index (χ2v) is 7.10. The van der Waals surface area contributed by atoms with Gasteiger partial charge in [-0.25, -0.2) is 0 Å². The van der Waals surface area contributed by atoms with Crippen molar-refractivity contribution in [2.24, 2.45) is 0 Å². The van der Waals surface area contributed by atoms with Gasteiger partial charge in [0.2, 0.25) is 0 Å². The van der Waals surface area contributed by atoms with E-state index in [1.165, 1.54) is 22.9 Å².